The zero-order valence-electron chi connectivity index (χ0n) is 9.36. The van der Waals surface area contributed by atoms with Crippen LogP contribution in [0.15, 0.2) is 11.5 Å². The first-order chi connectivity index (χ1) is 8.83. The molecule has 11 heteroatoms. The maximum absolute atomic E-state index is 12.5. The fourth-order valence-corrected chi connectivity index (χ4v) is 2.30. The summed E-state index contributed by atoms with van der Waals surface area (Å²) >= 11 is 0.807. The van der Waals surface area contributed by atoms with Crippen LogP contribution in [0.2, 0.25) is 0 Å². The quantitative estimate of drug-likeness (QED) is 0.706. The van der Waals surface area contributed by atoms with Crippen molar-refractivity contribution in [3.05, 3.63) is 11.5 Å². The van der Waals surface area contributed by atoms with Crippen LogP contribution < -0.4 is 0 Å². The molecule has 1 heterocycles. The molecule has 0 saturated carbocycles. The normalized spacial score (nSPS) is 21.6. The van der Waals surface area contributed by atoms with Crippen molar-refractivity contribution in [1.29, 1.82) is 0 Å². The van der Waals surface area contributed by atoms with Crippen molar-refractivity contribution >= 4 is 11.8 Å². The molecule has 0 aromatic rings. The predicted molar refractivity (Wildman–Crippen MR) is 52.0 cm³/mol. The van der Waals surface area contributed by atoms with E-state index >= 15 is 0 Å². The lowest BCUT2D eigenvalue weighted by atomic mass is 10.0. The molecule has 0 radical (unpaired) electrons. The lowest BCUT2D eigenvalue weighted by molar-refractivity contribution is -0.457. The highest BCUT2D eigenvalue weighted by atomic mass is 32.2. The molecule has 0 aromatic carbocycles. The summed E-state index contributed by atoms with van der Waals surface area (Å²) in [6, 6.07) is 0. The highest BCUT2D eigenvalue weighted by Crippen LogP contribution is 2.55. The molecule has 1 nitrogen and oxygen atoms in total. The second-order valence-corrected chi connectivity index (χ2v) is 5.06. The van der Waals surface area contributed by atoms with E-state index in [1.165, 1.54) is 11.5 Å². The third-order valence-corrected chi connectivity index (χ3v) is 3.51. The van der Waals surface area contributed by atoms with Gasteiger partial charge in [0.05, 0.1) is 6.61 Å². The maximum Gasteiger partial charge on any atom is 0.435 e. The fraction of sp³-hybridized carbons (Fsp3) is 0.778. The highest BCUT2D eigenvalue weighted by Gasteiger charge is 2.85. The minimum absolute atomic E-state index is 0.0360. The van der Waals surface area contributed by atoms with Crippen LogP contribution in [0.5, 0.6) is 0 Å². The Bertz CT molecular complexity index is 323. The van der Waals surface area contributed by atoms with Gasteiger partial charge in [-0.2, -0.15) is 39.5 Å². The zero-order chi connectivity index (χ0) is 15.8. The van der Waals surface area contributed by atoms with E-state index in [-0.39, 0.29) is 6.42 Å². The molecule has 0 fully saturated rings. The van der Waals surface area contributed by atoms with Crippen molar-refractivity contribution in [1.82, 2.24) is 0 Å². The van der Waals surface area contributed by atoms with Crippen molar-refractivity contribution in [2.45, 2.75) is 35.8 Å². The molecule has 0 aliphatic carbocycles. The Morgan fingerprint density at radius 1 is 0.900 bits per heavy atom. The molecule has 1 aliphatic rings. The van der Waals surface area contributed by atoms with E-state index in [1.807, 2.05) is 0 Å². The van der Waals surface area contributed by atoms with E-state index in [0.29, 0.717) is 0 Å². The molecule has 1 rings (SSSR count). The molecular weight excluding hydrogens is 327 g/mol. The van der Waals surface area contributed by atoms with E-state index in [2.05, 4.69) is 4.74 Å². The van der Waals surface area contributed by atoms with Crippen molar-refractivity contribution in [2.24, 2.45) is 0 Å². The zero-order valence-corrected chi connectivity index (χ0v) is 10.2. The molecule has 1 unspecified atom stereocenters. The molecule has 0 saturated heterocycles. The molecular formula is C9H7F9OS. The number of alkyl halides is 9. The van der Waals surface area contributed by atoms with Gasteiger partial charge in [-0.15, -0.1) is 11.8 Å². The van der Waals surface area contributed by atoms with Crippen molar-refractivity contribution in [2.75, 3.05) is 6.61 Å². The number of rotatable bonds is 3. The van der Waals surface area contributed by atoms with Crippen LogP contribution in [0.3, 0.4) is 0 Å². The van der Waals surface area contributed by atoms with Gasteiger partial charge in [0.15, 0.2) is 0 Å². The van der Waals surface area contributed by atoms with E-state index in [1.54, 1.807) is 0 Å². The van der Waals surface area contributed by atoms with Crippen LogP contribution in [-0.2, 0) is 4.74 Å². The second kappa shape index (κ2) is 5.32. The summed E-state index contributed by atoms with van der Waals surface area (Å²) in [6.45, 7) is -1.32. The Morgan fingerprint density at radius 2 is 1.35 bits per heavy atom. The highest BCUT2D eigenvalue weighted by molar-refractivity contribution is 8.03. The number of halogens is 9. The van der Waals surface area contributed by atoms with Crippen LogP contribution in [0.25, 0.3) is 0 Å². The van der Waals surface area contributed by atoms with Crippen LogP contribution in [-0.4, -0.2) is 36.0 Å². The van der Waals surface area contributed by atoms with Crippen LogP contribution in [0.4, 0.5) is 39.5 Å². The summed E-state index contributed by atoms with van der Waals surface area (Å²) < 4.78 is 115. The van der Waals surface area contributed by atoms with Gasteiger partial charge in [-0.1, -0.05) is 6.08 Å². The molecule has 20 heavy (non-hydrogen) atoms. The average Bonchev–Trinajstić information content (AvgIpc) is 2.63. The fourth-order valence-electron chi connectivity index (χ4n) is 1.48. The minimum Gasteiger partial charge on any atom is -0.350 e. The molecule has 1 aliphatic heterocycles. The van der Waals surface area contributed by atoms with Crippen LogP contribution >= 0.6 is 11.8 Å². The first kappa shape index (κ1) is 17.5. The smallest absolute Gasteiger partial charge is 0.350 e. The van der Waals surface area contributed by atoms with Crippen molar-refractivity contribution in [3.8, 4) is 0 Å². The van der Waals surface area contributed by atoms with Gasteiger partial charge >= 0.3 is 24.1 Å². The molecule has 0 spiro atoms. The van der Waals surface area contributed by atoms with Gasteiger partial charge in [-0.3, -0.25) is 0 Å². The van der Waals surface area contributed by atoms with E-state index < -0.39 is 36.0 Å². The number of hydrogen-bond donors (Lipinski definition) is 0. The Morgan fingerprint density at radius 3 is 1.65 bits per heavy atom. The summed E-state index contributed by atoms with van der Waals surface area (Å²) in [7, 11) is 0. The lowest BCUT2D eigenvalue weighted by Gasteiger charge is -2.38. The first-order valence-electron chi connectivity index (χ1n) is 4.97. The molecule has 0 N–H and O–H groups in total. The Hall–Kier alpha value is -0.580. The minimum atomic E-state index is -6.67. The molecule has 0 amide bonds. The lowest BCUT2D eigenvalue weighted by Crippen LogP contribution is -2.68. The first-order valence-corrected chi connectivity index (χ1v) is 5.92. The van der Waals surface area contributed by atoms with Gasteiger partial charge in [0.25, 0.3) is 0 Å². The Labute approximate surface area is 111 Å². The van der Waals surface area contributed by atoms with E-state index in [0.717, 1.165) is 11.8 Å². The number of ether oxygens (including phenoxy) is 1. The standard InChI is InChI=1S/C9H7F9OS/c10-7(11,12)6(8(13,14)15,9(16,17)18)19-4-5-2-1-3-20-5/h1,3,5H,2,4H2. The SMILES string of the molecule is FC(F)(F)C(OCC1CC=CS1)(C(F)(F)F)C(F)(F)F. The summed E-state index contributed by atoms with van der Waals surface area (Å²) in [5.74, 6) is 0. The van der Waals surface area contributed by atoms with Crippen LogP contribution in [0.1, 0.15) is 6.42 Å². The summed E-state index contributed by atoms with van der Waals surface area (Å²) in [6.07, 6.45) is -18.6. The number of allylic oxidation sites excluding steroid dienone is 1. The molecule has 1 atom stereocenters. The summed E-state index contributed by atoms with van der Waals surface area (Å²) in [5, 5.41) is 0.450. The maximum atomic E-state index is 12.5. The van der Waals surface area contributed by atoms with Crippen LogP contribution in [0, 0.1) is 0 Å². The predicted octanol–water partition coefficient (Wildman–Crippen LogP) is 4.45. The van der Waals surface area contributed by atoms with Gasteiger partial charge in [-0.25, -0.2) is 0 Å². The second-order valence-electron chi connectivity index (χ2n) is 3.85. The number of thioether (sulfide) groups is 1. The largest absolute Gasteiger partial charge is 0.435 e. The van der Waals surface area contributed by atoms with Crippen molar-refractivity contribution < 1.29 is 44.3 Å². The summed E-state index contributed by atoms with van der Waals surface area (Å²) in [5.41, 5.74) is -6.17. The summed E-state index contributed by atoms with van der Waals surface area (Å²) in [4.78, 5) is 0. The molecule has 118 valence electrons. The topological polar surface area (TPSA) is 9.23 Å². The van der Waals surface area contributed by atoms with Gasteiger partial charge in [-0.05, 0) is 11.8 Å². The third kappa shape index (κ3) is 3.02. The van der Waals surface area contributed by atoms with Gasteiger partial charge in [0.1, 0.15) is 0 Å². The molecule has 0 aromatic heterocycles. The van der Waals surface area contributed by atoms with E-state index in [9.17, 15) is 39.5 Å². The monoisotopic (exact) mass is 334 g/mol. The van der Waals surface area contributed by atoms with Gasteiger partial charge in [0.2, 0.25) is 0 Å². The van der Waals surface area contributed by atoms with Gasteiger partial charge < -0.3 is 4.74 Å². The molecule has 0 bridgehead atoms. The third-order valence-electron chi connectivity index (χ3n) is 2.45. The Balaban J connectivity index is 3.10. The number of hydrogen-bond acceptors (Lipinski definition) is 2. The van der Waals surface area contributed by atoms with E-state index in [4.69, 9.17) is 0 Å². The Kier molecular flexibility index (Phi) is 4.65. The average molecular weight is 334 g/mol. The van der Waals surface area contributed by atoms with Gasteiger partial charge in [0, 0.05) is 5.25 Å². The van der Waals surface area contributed by atoms with Crippen molar-refractivity contribution in [3.63, 3.8) is 0 Å².